The van der Waals surface area contributed by atoms with Crippen LogP contribution < -0.4 is 5.32 Å². The minimum atomic E-state index is -0.185. The molecule has 1 aromatic rings. The lowest BCUT2D eigenvalue weighted by molar-refractivity contribution is -0.0999. The van der Waals surface area contributed by atoms with Gasteiger partial charge >= 0.3 is 0 Å². The Morgan fingerprint density at radius 3 is 2.50 bits per heavy atom. The van der Waals surface area contributed by atoms with E-state index in [2.05, 4.69) is 19.2 Å². The number of ether oxygens (including phenoxy) is 1. The molecule has 0 amide bonds. The highest BCUT2D eigenvalue weighted by atomic mass is 19.1. The van der Waals surface area contributed by atoms with Gasteiger partial charge in [0.25, 0.3) is 0 Å². The maximum atomic E-state index is 12.8. The quantitative estimate of drug-likeness (QED) is 0.846. The number of hydrogen-bond donors (Lipinski definition) is 1. The van der Waals surface area contributed by atoms with Crippen molar-refractivity contribution in [3.8, 4) is 0 Å². The number of rotatable bonds is 4. The number of nitrogens with one attached hydrogen (secondary N) is 1. The molecule has 1 aliphatic heterocycles. The Bertz CT molecular complexity index is 345. The third-order valence-electron chi connectivity index (χ3n) is 3.11. The van der Waals surface area contributed by atoms with Crippen LogP contribution in [0.4, 0.5) is 4.39 Å². The third-order valence-corrected chi connectivity index (χ3v) is 3.11. The van der Waals surface area contributed by atoms with Gasteiger partial charge in [-0.15, -0.1) is 0 Å². The fourth-order valence-electron chi connectivity index (χ4n) is 1.82. The lowest BCUT2D eigenvalue weighted by Crippen LogP contribution is -2.47. The summed E-state index contributed by atoms with van der Waals surface area (Å²) in [6, 6.07) is 6.90. The van der Waals surface area contributed by atoms with Gasteiger partial charge in [-0.3, -0.25) is 0 Å². The van der Waals surface area contributed by atoms with Gasteiger partial charge in [0.2, 0.25) is 0 Å². The first-order valence-corrected chi connectivity index (χ1v) is 5.66. The molecule has 16 heavy (non-hydrogen) atoms. The second-order valence-electron chi connectivity index (χ2n) is 4.96. The normalized spacial score (nSPS) is 20.2. The van der Waals surface area contributed by atoms with Crippen molar-refractivity contribution in [2.45, 2.75) is 19.9 Å². The smallest absolute Gasteiger partial charge is 0.123 e. The highest BCUT2D eigenvalue weighted by Crippen LogP contribution is 2.26. The summed E-state index contributed by atoms with van der Waals surface area (Å²) in [4.78, 5) is 0. The van der Waals surface area contributed by atoms with Gasteiger partial charge in [0.05, 0.1) is 13.2 Å². The SMILES string of the molecule is C[C@@H](NCC1(C)COC1)c1ccc(F)cc1. The van der Waals surface area contributed by atoms with E-state index < -0.39 is 0 Å². The largest absolute Gasteiger partial charge is 0.380 e. The van der Waals surface area contributed by atoms with Crippen molar-refractivity contribution in [3.05, 3.63) is 35.6 Å². The van der Waals surface area contributed by atoms with Crippen LogP contribution in [-0.4, -0.2) is 19.8 Å². The van der Waals surface area contributed by atoms with Crippen molar-refractivity contribution < 1.29 is 9.13 Å². The highest BCUT2D eigenvalue weighted by Gasteiger charge is 2.33. The van der Waals surface area contributed by atoms with Crippen LogP contribution >= 0.6 is 0 Å². The lowest BCUT2D eigenvalue weighted by atomic mass is 9.88. The molecule has 0 saturated carbocycles. The van der Waals surface area contributed by atoms with E-state index in [9.17, 15) is 4.39 Å². The van der Waals surface area contributed by atoms with Crippen molar-refractivity contribution in [2.24, 2.45) is 5.41 Å². The molecule has 0 aliphatic carbocycles. The second-order valence-corrected chi connectivity index (χ2v) is 4.96. The highest BCUT2D eigenvalue weighted by molar-refractivity contribution is 5.19. The number of hydrogen-bond acceptors (Lipinski definition) is 2. The monoisotopic (exact) mass is 223 g/mol. The predicted molar refractivity (Wildman–Crippen MR) is 61.7 cm³/mol. The Kier molecular flexibility index (Phi) is 3.26. The van der Waals surface area contributed by atoms with Gasteiger partial charge in [-0.05, 0) is 24.6 Å². The molecule has 0 spiro atoms. The van der Waals surface area contributed by atoms with Crippen LogP contribution in [0.25, 0.3) is 0 Å². The fraction of sp³-hybridized carbons (Fsp3) is 0.538. The predicted octanol–water partition coefficient (Wildman–Crippen LogP) is 2.51. The van der Waals surface area contributed by atoms with Gasteiger partial charge in [0.1, 0.15) is 5.82 Å². The van der Waals surface area contributed by atoms with Crippen molar-refractivity contribution in [1.82, 2.24) is 5.32 Å². The summed E-state index contributed by atoms with van der Waals surface area (Å²) in [6.45, 7) is 6.90. The molecule has 2 nitrogen and oxygen atoms in total. The molecule has 0 unspecified atom stereocenters. The maximum Gasteiger partial charge on any atom is 0.123 e. The first-order valence-electron chi connectivity index (χ1n) is 5.66. The number of benzene rings is 1. The van der Waals surface area contributed by atoms with E-state index in [0.29, 0.717) is 0 Å². The summed E-state index contributed by atoms with van der Waals surface area (Å²) < 4.78 is 18.0. The van der Waals surface area contributed by atoms with E-state index in [4.69, 9.17) is 4.74 Å². The van der Waals surface area contributed by atoms with E-state index in [-0.39, 0.29) is 17.3 Å². The molecule has 1 aromatic carbocycles. The Labute approximate surface area is 95.8 Å². The average molecular weight is 223 g/mol. The van der Waals surface area contributed by atoms with Gasteiger partial charge < -0.3 is 10.1 Å². The first kappa shape index (κ1) is 11.6. The van der Waals surface area contributed by atoms with Crippen LogP contribution in [0.2, 0.25) is 0 Å². The molecular formula is C13H18FNO. The van der Waals surface area contributed by atoms with Crippen LogP contribution in [0.1, 0.15) is 25.5 Å². The molecule has 2 rings (SSSR count). The van der Waals surface area contributed by atoms with E-state index in [1.54, 1.807) is 0 Å². The van der Waals surface area contributed by atoms with Gasteiger partial charge in [-0.1, -0.05) is 19.1 Å². The zero-order chi connectivity index (χ0) is 11.6. The Morgan fingerprint density at radius 2 is 2.00 bits per heavy atom. The summed E-state index contributed by atoms with van der Waals surface area (Å²) in [6.07, 6.45) is 0. The van der Waals surface area contributed by atoms with Gasteiger partial charge in [0.15, 0.2) is 0 Å². The summed E-state index contributed by atoms with van der Waals surface area (Å²) in [5.41, 5.74) is 1.39. The topological polar surface area (TPSA) is 21.3 Å². The molecule has 1 atom stereocenters. The summed E-state index contributed by atoms with van der Waals surface area (Å²) in [5, 5.41) is 3.46. The molecule has 3 heteroatoms. The Hall–Kier alpha value is -0.930. The Morgan fingerprint density at radius 1 is 1.38 bits per heavy atom. The minimum absolute atomic E-state index is 0.185. The molecule has 1 aliphatic rings. The standard InChI is InChI=1S/C13H18FNO/c1-10(11-3-5-12(14)6-4-11)15-7-13(2)8-16-9-13/h3-6,10,15H,7-9H2,1-2H3/t10-/m1/s1. The van der Waals surface area contributed by atoms with Crippen molar-refractivity contribution in [1.29, 1.82) is 0 Å². The van der Waals surface area contributed by atoms with E-state index >= 15 is 0 Å². The van der Waals surface area contributed by atoms with Gasteiger partial charge in [0, 0.05) is 18.0 Å². The van der Waals surface area contributed by atoms with E-state index in [0.717, 1.165) is 25.3 Å². The van der Waals surface area contributed by atoms with E-state index in [1.165, 1.54) is 12.1 Å². The van der Waals surface area contributed by atoms with Crippen LogP contribution in [-0.2, 0) is 4.74 Å². The van der Waals surface area contributed by atoms with Gasteiger partial charge in [-0.25, -0.2) is 4.39 Å². The molecule has 0 bridgehead atoms. The first-order chi connectivity index (χ1) is 7.59. The summed E-state index contributed by atoms with van der Waals surface area (Å²) in [7, 11) is 0. The molecule has 1 saturated heterocycles. The fourth-order valence-corrected chi connectivity index (χ4v) is 1.82. The molecule has 1 heterocycles. The lowest BCUT2D eigenvalue weighted by Gasteiger charge is -2.39. The van der Waals surface area contributed by atoms with Crippen molar-refractivity contribution in [3.63, 3.8) is 0 Å². The molecule has 88 valence electrons. The zero-order valence-corrected chi connectivity index (χ0v) is 9.79. The van der Waals surface area contributed by atoms with E-state index in [1.807, 2.05) is 12.1 Å². The molecule has 1 N–H and O–H groups in total. The van der Waals surface area contributed by atoms with Crippen molar-refractivity contribution >= 4 is 0 Å². The molecule has 1 fully saturated rings. The summed E-state index contributed by atoms with van der Waals surface area (Å²) >= 11 is 0. The van der Waals surface area contributed by atoms with Crippen LogP contribution in [0.15, 0.2) is 24.3 Å². The molecule has 0 aromatic heterocycles. The average Bonchev–Trinajstić information content (AvgIpc) is 2.24. The maximum absolute atomic E-state index is 12.8. The minimum Gasteiger partial charge on any atom is -0.380 e. The van der Waals surface area contributed by atoms with Crippen LogP contribution in [0.5, 0.6) is 0 Å². The Balaban J connectivity index is 1.87. The third kappa shape index (κ3) is 2.60. The number of halogens is 1. The molecule has 0 radical (unpaired) electrons. The van der Waals surface area contributed by atoms with Gasteiger partial charge in [-0.2, -0.15) is 0 Å². The zero-order valence-electron chi connectivity index (χ0n) is 9.79. The van der Waals surface area contributed by atoms with Crippen molar-refractivity contribution in [2.75, 3.05) is 19.8 Å². The van der Waals surface area contributed by atoms with Crippen LogP contribution in [0.3, 0.4) is 0 Å². The summed E-state index contributed by atoms with van der Waals surface area (Å²) in [5.74, 6) is -0.185. The molecular weight excluding hydrogens is 205 g/mol. The second kappa shape index (κ2) is 4.52. The van der Waals surface area contributed by atoms with Crippen LogP contribution in [0, 0.1) is 11.2 Å².